The van der Waals surface area contributed by atoms with Gasteiger partial charge in [-0.15, -0.1) is 0 Å². The monoisotopic (exact) mass is 249 g/mol. The van der Waals surface area contributed by atoms with Crippen LogP contribution in [0.25, 0.3) is 0 Å². The van der Waals surface area contributed by atoms with Crippen LogP contribution >= 0.6 is 0 Å². The van der Waals surface area contributed by atoms with Crippen LogP contribution in [-0.2, 0) is 9.84 Å². The summed E-state index contributed by atoms with van der Waals surface area (Å²) in [6.07, 6.45) is 0. The summed E-state index contributed by atoms with van der Waals surface area (Å²) in [5.74, 6) is 0.316. The van der Waals surface area contributed by atoms with E-state index in [9.17, 15) is 8.42 Å². The summed E-state index contributed by atoms with van der Waals surface area (Å²) in [5, 5.41) is 2.90. The molecule has 5 nitrogen and oxygen atoms in total. The minimum atomic E-state index is -3.11. The van der Waals surface area contributed by atoms with Gasteiger partial charge in [-0.2, -0.15) is 0 Å². The van der Waals surface area contributed by atoms with E-state index in [2.05, 4.69) is 10.3 Å². The lowest BCUT2D eigenvalue weighted by molar-refractivity contribution is 0.560. The Morgan fingerprint density at radius 1 is 1.38 bits per heavy atom. The van der Waals surface area contributed by atoms with E-state index in [1.54, 1.807) is 20.8 Å². The molecule has 0 aromatic rings. The molecule has 0 aliphatic rings. The van der Waals surface area contributed by atoms with Crippen LogP contribution in [0, 0.1) is 0 Å². The molecule has 0 radical (unpaired) electrons. The maximum Gasteiger partial charge on any atom is 0.188 e. The number of aliphatic imine (C=N–C) groups is 1. The van der Waals surface area contributed by atoms with Crippen molar-refractivity contribution in [2.24, 2.45) is 10.7 Å². The third-order valence-corrected chi connectivity index (χ3v) is 4.60. The fourth-order valence-electron chi connectivity index (χ4n) is 0.934. The number of hydrogen-bond acceptors (Lipinski definition) is 3. The summed E-state index contributed by atoms with van der Waals surface area (Å²) in [7, 11) is -3.11. The normalized spacial score (nSPS) is 14.2. The molecule has 0 aromatic carbocycles. The molecular formula is C10H23N3O2S. The molecule has 0 aliphatic carbocycles. The van der Waals surface area contributed by atoms with Crippen LogP contribution in [-0.4, -0.2) is 37.5 Å². The molecule has 0 bridgehead atoms. The Morgan fingerprint density at radius 3 is 2.25 bits per heavy atom. The molecule has 0 aromatic heterocycles. The molecule has 0 fully saturated rings. The van der Waals surface area contributed by atoms with Gasteiger partial charge in [0, 0.05) is 6.04 Å². The summed E-state index contributed by atoms with van der Waals surface area (Å²) in [6.45, 7) is 9.12. The second kappa shape index (κ2) is 5.52. The first-order chi connectivity index (χ1) is 7.06. The predicted molar refractivity (Wildman–Crippen MR) is 68.3 cm³/mol. The summed E-state index contributed by atoms with van der Waals surface area (Å²) in [4.78, 5) is 3.97. The molecule has 96 valence electrons. The van der Waals surface area contributed by atoms with Crippen LogP contribution < -0.4 is 11.1 Å². The van der Waals surface area contributed by atoms with Gasteiger partial charge in [-0.1, -0.05) is 0 Å². The highest BCUT2D eigenvalue weighted by Crippen LogP contribution is 2.15. The van der Waals surface area contributed by atoms with Gasteiger partial charge >= 0.3 is 0 Å². The van der Waals surface area contributed by atoms with E-state index in [1.165, 1.54) is 0 Å². The maximum absolute atomic E-state index is 11.7. The summed E-state index contributed by atoms with van der Waals surface area (Å²) >= 11 is 0. The zero-order valence-corrected chi connectivity index (χ0v) is 11.6. The summed E-state index contributed by atoms with van der Waals surface area (Å²) in [6, 6.07) is 0.197. The van der Waals surface area contributed by atoms with Gasteiger partial charge in [0.05, 0.1) is 17.0 Å². The maximum atomic E-state index is 11.7. The Kier molecular flexibility index (Phi) is 5.25. The second-order valence-corrected chi connectivity index (χ2v) is 7.86. The van der Waals surface area contributed by atoms with E-state index in [1.807, 2.05) is 13.8 Å². The molecule has 0 saturated heterocycles. The lowest BCUT2D eigenvalue weighted by Crippen LogP contribution is -2.37. The lowest BCUT2D eigenvalue weighted by Gasteiger charge is -2.18. The number of guanidine groups is 1. The van der Waals surface area contributed by atoms with Gasteiger partial charge in [0.1, 0.15) is 0 Å². The Labute approximate surface area is 98.4 Å². The standard InChI is InChI=1S/C10H23N3O2S/c1-8(2)13-9(11)12-6-7-16(14,15)10(3,4)5/h8H,6-7H2,1-5H3,(H3,11,12,13). The fraction of sp³-hybridized carbons (Fsp3) is 0.900. The molecule has 0 amide bonds. The molecule has 0 atom stereocenters. The van der Waals surface area contributed by atoms with Crippen LogP contribution in [0.15, 0.2) is 4.99 Å². The first kappa shape index (κ1) is 15.2. The van der Waals surface area contributed by atoms with Crippen molar-refractivity contribution in [2.75, 3.05) is 12.3 Å². The van der Waals surface area contributed by atoms with Crippen LogP contribution in [0.2, 0.25) is 0 Å². The van der Waals surface area contributed by atoms with Crippen LogP contribution in [0.1, 0.15) is 34.6 Å². The first-order valence-corrected chi connectivity index (χ1v) is 7.00. The molecular weight excluding hydrogens is 226 g/mol. The van der Waals surface area contributed by atoms with Crippen molar-refractivity contribution in [3.63, 3.8) is 0 Å². The zero-order valence-electron chi connectivity index (χ0n) is 10.7. The van der Waals surface area contributed by atoms with E-state index in [0.29, 0.717) is 5.96 Å². The third-order valence-electron chi connectivity index (χ3n) is 2.01. The quantitative estimate of drug-likeness (QED) is 0.561. The third kappa shape index (κ3) is 5.34. The van der Waals surface area contributed by atoms with Gasteiger partial charge in [0.15, 0.2) is 15.8 Å². The smallest absolute Gasteiger partial charge is 0.188 e. The van der Waals surface area contributed by atoms with Crippen molar-refractivity contribution in [1.29, 1.82) is 0 Å². The molecule has 0 heterocycles. The fourth-order valence-corrected chi connectivity index (χ4v) is 1.88. The van der Waals surface area contributed by atoms with Crippen LogP contribution in [0.3, 0.4) is 0 Å². The highest BCUT2D eigenvalue weighted by Gasteiger charge is 2.28. The highest BCUT2D eigenvalue weighted by atomic mass is 32.2. The zero-order chi connectivity index (χ0) is 13.0. The molecule has 0 rings (SSSR count). The number of nitrogens with two attached hydrogens (primary N) is 1. The molecule has 0 unspecified atom stereocenters. The average molecular weight is 249 g/mol. The molecule has 0 spiro atoms. The van der Waals surface area contributed by atoms with Gasteiger partial charge in [0.25, 0.3) is 0 Å². The van der Waals surface area contributed by atoms with Gasteiger partial charge in [-0.25, -0.2) is 8.42 Å². The lowest BCUT2D eigenvalue weighted by atomic mass is 10.3. The predicted octanol–water partition coefficient (Wildman–Crippen LogP) is 0.512. The number of rotatable bonds is 4. The number of nitrogens with one attached hydrogen (secondary N) is 1. The molecule has 3 N–H and O–H groups in total. The van der Waals surface area contributed by atoms with E-state index in [4.69, 9.17) is 5.73 Å². The average Bonchev–Trinajstić information content (AvgIpc) is 1.99. The number of nitrogens with zero attached hydrogens (tertiary/aromatic N) is 1. The van der Waals surface area contributed by atoms with E-state index in [-0.39, 0.29) is 18.3 Å². The van der Waals surface area contributed by atoms with Crippen molar-refractivity contribution in [3.05, 3.63) is 0 Å². The number of sulfone groups is 1. The Hall–Kier alpha value is -0.780. The Morgan fingerprint density at radius 2 is 1.88 bits per heavy atom. The second-order valence-electron chi connectivity index (χ2n) is 5.00. The number of hydrogen-bond donors (Lipinski definition) is 2. The van der Waals surface area contributed by atoms with E-state index in [0.717, 1.165) is 0 Å². The minimum absolute atomic E-state index is 0.0248. The Bertz CT molecular complexity index is 340. The van der Waals surface area contributed by atoms with Crippen molar-refractivity contribution >= 4 is 15.8 Å². The first-order valence-electron chi connectivity index (χ1n) is 5.35. The van der Waals surface area contributed by atoms with Crippen molar-refractivity contribution in [3.8, 4) is 0 Å². The molecule has 6 heteroatoms. The van der Waals surface area contributed by atoms with E-state index >= 15 is 0 Å². The topological polar surface area (TPSA) is 84.5 Å². The molecule has 0 aliphatic heterocycles. The van der Waals surface area contributed by atoms with Crippen molar-refractivity contribution in [2.45, 2.75) is 45.4 Å². The van der Waals surface area contributed by atoms with Gasteiger partial charge in [0.2, 0.25) is 0 Å². The van der Waals surface area contributed by atoms with Crippen LogP contribution in [0.4, 0.5) is 0 Å². The van der Waals surface area contributed by atoms with Crippen LogP contribution in [0.5, 0.6) is 0 Å². The largest absolute Gasteiger partial charge is 0.370 e. The Balaban J connectivity index is 4.28. The molecule has 0 saturated carbocycles. The summed E-state index contributed by atoms with van der Waals surface area (Å²) < 4.78 is 22.7. The van der Waals surface area contributed by atoms with Gasteiger partial charge in [-0.3, -0.25) is 4.99 Å². The van der Waals surface area contributed by atoms with Gasteiger partial charge in [-0.05, 0) is 34.6 Å². The highest BCUT2D eigenvalue weighted by molar-refractivity contribution is 7.92. The minimum Gasteiger partial charge on any atom is -0.370 e. The summed E-state index contributed by atoms with van der Waals surface area (Å²) in [5.41, 5.74) is 5.56. The SMILES string of the molecule is CC(C)NC(N)=NCCS(=O)(=O)C(C)(C)C. The van der Waals surface area contributed by atoms with E-state index < -0.39 is 14.6 Å². The van der Waals surface area contributed by atoms with Crippen molar-refractivity contribution < 1.29 is 8.42 Å². The van der Waals surface area contributed by atoms with Crippen molar-refractivity contribution in [1.82, 2.24) is 5.32 Å². The van der Waals surface area contributed by atoms with Gasteiger partial charge < -0.3 is 11.1 Å². The molecule has 16 heavy (non-hydrogen) atoms.